The van der Waals surface area contributed by atoms with Crippen molar-refractivity contribution in [2.75, 3.05) is 51.8 Å². The summed E-state index contributed by atoms with van der Waals surface area (Å²) in [5, 5.41) is 13.4. The van der Waals surface area contributed by atoms with Crippen LogP contribution in [0.25, 0.3) is 0 Å². The van der Waals surface area contributed by atoms with Gasteiger partial charge in [0.25, 0.3) is 6.47 Å². The number of urea groups is 1. The lowest BCUT2D eigenvalue weighted by atomic mass is 10.1. The summed E-state index contributed by atoms with van der Waals surface area (Å²) in [5.74, 6) is -1.59. The van der Waals surface area contributed by atoms with Gasteiger partial charge in [-0.1, -0.05) is 80.9 Å². The van der Waals surface area contributed by atoms with Crippen molar-refractivity contribution in [3.63, 3.8) is 0 Å². The van der Waals surface area contributed by atoms with Gasteiger partial charge in [0.1, 0.15) is 12.6 Å². The number of carbonyl (C=O) groups excluding carboxylic acids is 6. The summed E-state index contributed by atoms with van der Waals surface area (Å²) >= 11 is 0. The van der Waals surface area contributed by atoms with Crippen LogP contribution in [0.2, 0.25) is 0 Å². The minimum atomic E-state index is -0.912. The first-order chi connectivity index (χ1) is 25.5. The smallest absolute Gasteiger partial charge is 0.312 e. The molecule has 0 saturated carbocycles. The van der Waals surface area contributed by atoms with Crippen LogP contribution in [-0.2, 0) is 44.8 Å². The molecule has 15 heteroatoms. The minimum Gasteiger partial charge on any atom is -0.469 e. The molecule has 1 saturated heterocycles. The zero-order valence-electron chi connectivity index (χ0n) is 34.6. The maximum absolute atomic E-state index is 12.8. The van der Waals surface area contributed by atoms with E-state index in [1.807, 2.05) is 48.5 Å². The molecule has 53 heavy (non-hydrogen) atoms. The van der Waals surface area contributed by atoms with Crippen molar-refractivity contribution < 1.29 is 43.0 Å². The summed E-state index contributed by atoms with van der Waals surface area (Å²) in [6.45, 7) is 23.3. The molecule has 0 aliphatic carbocycles. The van der Waals surface area contributed by atoms with Gasteiger partial charge in [0.15, 0.2) is 0 Å². The maximum atomic E-state index is 12.8. The van der Waals surface area contributed by atoms with E-state index in [0.717, 1.165) is 12.0 Å². The van der Waals surface area contributed by atoms with Crippen LogP contribution in [0.15, 0.2) is 24.3 Å². The number of benzene rings is 1. The van der Waals surface area contributed by atoms with Gasteiger partial charge >= 0.3 is 12.0 Å². The molecule has 5 amide bonds. The van der Waals surface area contributed by atoms with Gasteiger partial charge < -0.3 is 46.5 Å². The highest BCUT2D eigenvalue weighted by Crippen LogP contribution is 2.11. The van der Waals surface area contributed by atoms with Crippen LogP contribution in [0, 0.1) is 0 Å². The van der Waals surface area contributed by atoms with Gasteiger partial charge in [0, 0.05) is 32.2 Å². The highest BCUT2D eigenvalue weighted by atomic mass is 16.5. The second-order valence-corrected chi connectivity index (χ2v) is 10.1. The largest absolute Gasteiger partial charge is 0.469 e. The zero-order valence-corrected chi connectivity index (χ0v) is 34.6. The predicted molar refractivity (Wildman–Crippen MR) is 213 cm³/mol. The third-order valence-corrected chi connectivity index (χ3v) is 5.67. The molecule has 1 aromatic carbocycles. The molecular weight excluding hydrogens is 684 g/mol. The molecular formula is C38H74N6O9. The number of nitrogens with two attached hydrogens (primary N) is 1. The molecule has 1 unspecified atom stereocenters. The normalized spacial score (nSPS) is 10.7. The predicted octanol–water partition coefficient (Wildman–Crippen LogP) is 5.21. The van der Waals surface area contributed by atoms with Crippen LogP contribution >= 0.6 is 0 Å². The van der Waals surface area contributed by atoms with E-state index in [2.05, 4.69) is 49.9 Å². The SMILES string of the molecule is C1CCNC1.CC.CC.CC.CCC.CCCOCCC(=O)NCC(=O)NC(CCCNC(N)=O)C(=O)Nc1ccc(COC=O)cc1.COC(C)=O. The summed E-state index contributed by atoms with van der Waals surface area (Å²) in [4.78, 5) is 67.6. The molecule has 7 N–H and O–H groups in total. The Morgan fingerprint density at radius 3 is 1.87 bits per heavy atom. The van der Waals surface area contributed by atoms with E-state index in [1.165, 1.54) is 46.4 Å². The lowest BCUT2D eigenvalue weighted by molar-refractivity contribution is -0.138. The summed E-state index contributed by atoms with van der Waals surface area (Å²) in [5.41, 5.74) is 6.26. The Bertz CT molecular complexity index is 1000. The quantitative estimate of drug-likeness (QED) is 0.0693. The molecule has 0 aromatic heterocycles. The van der Waals surface area contributed by atoms with E-state index in [1.54, 1.807) is 24.3 Å². The van der Waals surface area contributed by atoms with Crippen molar-refractivity contribution >= 4 is 41.9 Å². The van der Waals surface area contributed by atoms with Gasteiger partial charge in [-0.25, -0.2) is 4.79 Å². The molecule has 0 bridgehead atoms. The van der Waals surface area contributed by atoms with E-state index < -0.39 is 23.9 Å². The lowest BCUT2D eigenvalue weighted by Gasteiger charge is -2.19. The van der Waals surface area contributed by atoms with Gasteiger partial charge in [-0.2, -0.15) is 0 Å². The summed E-state index contributed by atoms with van der Waals surface area (Å²) in [6.07, 6.45) is 5.61. The number of hydrogen-bond donors (Lipinski definition) is 6. The first-order valence-electron chi connectivity index (χ1n) is 18.9. The Kier molecular flexibility index (Phi) is 52.3. The topological polar surface area (TPSA) is 216 Å². The van der Waals surface area contributed by atoms with Crippen LogP contribution < -0.4 is 32.3 Å². The number of nitrogens with one attached hydrogen (secondary N) is 5. The van der Waals surface area contributed by atoms with Crippen molar-refractivity contribution in [2.24, 2.45) is 5.73 Å². The van der Waals surface area contributed by atoms with E-state index in [4.69, 9.17) is 10.5 Å². The van der Waals surface area contributed by atoms with Gasteiger partial charge in [0.05, 0.1) is 20.3 Å². The molecule has 1 fully saturated rings. The number of hydrogen-bond acceptors (Lipinski definition) is 10. The van der Waals surface area contributed by atoms with Crippen LogP contribution in [0.4, 0.5) is 10.5 Å². The van der Waals surface area contributed by atoms with Crippen molar-refractivity contribution in [3.8, 4) is 0 Å². The number of methoxy groups -OCH3 is 1. The fraction of sp³-hybridized carbons (Fsp3) is 0.684. The average molecular weight is 759 g/mol. The van der Waals surface area contributed by atoms with E-state index in [0.29, 0.717) is 25.2 Å². The fourth-order valence-corrected chi connectivity index (χ4v) is 3.38. The van der Waals surface area contributed by atoms with E-state index in [-0.39, 0.29) is 51.0 Å². The van der Waals surface area contributed by atoms with Crippen molar-refractivity contribution in [2.45, 2.75) is 127 Å². The van der Waals surface area contributed by atoms with Crippen LogP contribution in [0.1, 0.15) is 120 Å². The Hall–Kier alpha value is -4.24. The van der Waals surface area contributed by atoms with Crippen molar-refractivity contribution in [1.82, 2.24) is 21.3 Å². The number of rotatable bonds is 17. The highest BCUT2D eigenvalue weighted by molar-refractivity contribution is 5.97. The van der Waals surface area contributed by atoms with Crippen molar-refractivity contribution in [1.29, 1.82) is 0 Å². The second kappa shape index (κ2) is 47.8. The Morgan fingerprint density at radius 1 is 0.887 bits per heavy atom. The van der Waals surface area contributed by atoms with E-state index in [9.17, 15) is 28.8 Å². The number of primary amides is 1. The Balaban J connectivity index is -0.000000332. The monoisotopic (exact) mass is 759 g/mol. The van der Waals surface area contributed by atoms with Gasteiger partial charge in [0.2, 0.25) is 17.7 Å². The highest BCUT2D eigenvalue weighted by Gasteiger charge is 2.21. The average Bonchev–Trinajstić information content (AvgIpc) is 3.77. The number of ether oxygens (including phenoxy) is 3. The first kappa shape index (κ1) is 58.1. The second-order valence-electron chi connectivity index (χ2n) is 10.1. The number of anilines is 1. The third kappa shape index (κ3) is 45.7. The first-order valence-corrected chi connectivity index (χ1v) is 18.9. The fourth-order valence-electron chi connectivity index (χ4n) is 3.38. The number of esters is 1. The van der Waals surface area contributed by atoms with Gasteiger partial charge in [-0.3, -0.25) is 24.0 Å². The summed E-state index contributed by atoms with van der Waals surface area (Å²) in [6, 6.07) is 5.04. The molecule has 1 aliphatic heterocycles. The molecule has 310 valence electrons. The number of carbonyl (C=O) groups is 6. The molecule has 0 radical (unpaired) electrons. The van der Waals surface area contributed by atoms with Crippen LogP contribution in [0.3, 0.4) is 0 Å². The molecule has 1 heterocycles. The lowest BCUT2D eigenvalue weighted by Crippen LogP contribution is -2.47. The molecule has 1 atom stereocenters. The molecule has 2 rings (SSSR count). The third-order valence-electron chi connectivity index (χ3n) is 5.67. The summed E-state index contributed by atoms with van der Waals surface area (Å²) in [7, 11) is 1.35. The maximum Gasteiger partial charge on any atom is 0.312 e. The standard InChI is InChI=1S/C22H33N5O7.C4H9N.C3H6O2.C3H8.3C2H6/c1-2-11-33-12-9-19(29)25-13-20(30)27-18(4-3-10-24-22(23)32)21(31)26-17-7-5-16(6-8-17)14-34-15-28;1-2-4-5-3-1;1-3(4)5-2;1-3-2;3*1-2/h5-8,15,18H,2-4,9-14H2,1H3,(H,25,29)(H,26,31)(H,27,30)(H3,23,24,32);5H,1-4H2;1-2H3;3H2,1-2H3;3*1-2H3. The van der Waals surface area contributed by atoms with Crippen LogP contribution in [-0.4, -0.2) is 88.7 Å². The van der Waals surface area contributed by atoms with Gasteiger partial charge in [-0.05, 0) is 62.9 Å². The molecule has 1 aliphatic rings. The Morgan fingerprint density at radius 2 is 1.43 bits per heavy atom. The van der Waals surface area contributed by atoms with E-state index >= 15 is 0 Å². The summed E-state index contributed by atoms with van der Waals surface area (Å²) < 4.78 is 14.0. The van der Waals surface area contributed by atoms with Crippen molar-refractivity contribution in [3.05, 3.63) is 29.8 Å². The molecule has 15 nitrogen and oxygen atoms in total. The minimum absolute atomic E-state index is 0.111. The van der Waals surface area contributed by atoms with Crippen LogP contribution in [0.5, 0.6) is 0 Å². The number of amides is 5. The van der Waals surface area contributed by atoms with Gasteiger partial charge in [-0.15, -0.1) is 0 Å². The molecule has 1 aromatic rings. The zero-order chi connectivity index (χ0) is 41.7. The molecule has 0 spiro atoms. The Labute approximate surface area is 320 Å².